The van der Waals surface area contributed by atoms with E-state index in [0.29, 0.717) is 6.07 Å². The molecule has 0 fully saturated rings. The normalized spacial score (nSPS) is 11.0. The van der Waals surface area contributed by atoms with E-state index in [1.54, 1.807) is 6.07 Å². The molecule has 1 N–H and O–H groups in total. The first-order chi connectivity index (χ1) is 7.87. The highest BCUT2D eigenvalue weighted by Crippen LogP contribution is 2.27. The molecule has 0 aromatic carbocycles. The average Bonchev–Trinajstić information content (AvgIpc) is 2.15. The fourth-order valence-corrected chi connectivity index (χ4v) is 1.21. The van der Waals surface area contributed by atoms with Crippen molar-refractivity contribution in [2.75, 3.05) is 0 Å². The summed E-state index contributed by atoms with van der Waals surface area (Å²) in [4.78, 5) is 13.1. The van der Waals surface area contributed by atoms with Crippen molar-refractivity contribution in [1.29, 1.82) is 5.26 Å². The zero-order valence-electron chi connectivity index (χ0n) is 8.27. The van der Waals surface area contributed by atoms with Gasteiger partial charge in [-0.15, -0.1) is 13.2 Å². The van der Waals surface area contributed by atoms with Crippen LogP contribution in [-0.2, 0) is 13.1 Å². The summed E-state index contributed by atoms with van der Waals surface area (Å²) < 4.78 is 52.1. The molecule has 0 amide bonds. The number of hydrogen-bond donors (Lipinski definition) is 1. The first-order valence-electron chi connectivity index (χ1n) is 4.31. The van der Waals surface area contributed by atoms with E-state index in [1.807, 2.05) is 0 Å². The molecule has 0 aliphatic rings. The van der Waals surface area contributed by atoms with Crippen LogP contribution in [0.4, 0.5) is 17.6 Å². The summed E-state index contributed by atoms with van der Waals surface area (Å²) in [6, 6.07) is 2.09. The van der Waals surface area contributed by atoms with Gasteiger partial charge in [0.1, 0.15) is 12.4 Å². The van der Waals surface area contributed by atoms with Gasteiger partial charge < -0.3 is 9.72 Å². The fraction of sp³-hybridized carbons (Fsp3) is 0.333. The predicted octanol–water partition coefficient (Wildman–Crippen LogP) is 1.81. The Morgan fingerprint density at radius 3 is 2.59 bits per heavy atom. The van der Waals surface area contributed by atoms with Gasteiger partial charge in [-0.25, -0.2) is 4.39 Å². The van der Waals surface area contributed by atoms with E-state index in [2.05, 4.69) is 9.72 Å². The predicted molar refractivity (Wildman–Crippen MR) is 47.9 cm³/mol. The van der Waals surface area contributed by atoms with Crippen molar-refractivity contribution >= 4 is 0 Å². The maximum atomic E-state index is 12.6. The lowest BCUT2D eigenvalue weighted by atomic mass is 10.1. The number of halogens is 4. The molecular formula is C9H6F4N2O2. The maximum absolute atomic E-state index is 12.6. The first kappa shape index (κ1) is 13.0. The van der Waals surface area contributed by atoms with Crippen LogP contribution < -0.4 is 10.3 Å². The zero-order valence-corrected chi connectivity index (χ0v) is 8.27. The SMILES string of the molecule is N#CCc1[nH]c(=O)cc(OC(F)(F)F)c1CF. The monoisotopic (exact) mass is 250 g/mol. The Morgan fingerprint density at radius 2 is 2.12 bits per heavy atom. The van der Waals surface area contributed by atoms with Crippen LogP contribution in [-0.4, -0.2) is 11.3 Å². The van der Waals surface area contributed by atoms with Gasteiger partial charge in [-0.2, -0.15) is 5.26 Å². The van der Waals surface area contributed by atoms with E-state index < -0.39 is 36.3 Å². The third-order valence-electron chi connectivity index (χ3n) is 1.81. The molecule has 1 heterocycles. The second kappa shape index (κ2) is 4.86. The molecule has 0 saturated carbocycles. The number of rotatable bonds is 3. The smallest absolute Gasteiger partial charge is 0.405 e. The van der Waals surface area contributed by atoms with Gasteiger partial charge in [-0.3, -0.25) is 4.79 Å². The first-order valence-corrected chi connectivity index (χ1v) is 4.31. The molecular weight excluding hydrogens is 244 g/mol. The van der Waals surface area contributed by atoms with Crippen LogP contribution in [0.2, 0.25) is 0 Å². The van der Waals surface area contributed by atoms with E-state index >= 15 is 0 Å². The summed E-state index contributed by atoms with van der Waals surface area (Å²) in [5.74, 6) is -0.922. The summed E-state index contributed by atoms with van der Waals surface area (Å²) in [5, 5.41) is 8.40. The largest absolute Gasteiger partial charge is 0.573 e. The van der Waals surface area contributed by atoms with Gasteiger partial charge in [0.15, 0.2) is 0 Å². The van der Waals surface area contributed by atoms with Gasteiger partial charge in [0, 0.05) is 17.3 Å². The molecule has 17 heavy (non-hydrogen) atoms. The molecule has 0 bridgehead atoms. The molecule has 0 radical (unpaired) electrons. The Kier molecular flexibility index (Phi) is 3.73. The zero-order chi connectivity index (χ0) is 13.1. The van der Waals surface area contributed by atoms with Crippen LogP contribution in [0.5, 0.6) is 5.75 Å². The molecule has 1 aromatic heterocycles. The minimum Gasteiger partial charge on any atom is -0.405 e. The fourth-order valence-electron chi connectivity index (χ4n) is 1.21. The number of nitrogens with one attached hydrogen (secondary N) is 1. The van der Waals surface area contributed by atoms with Gasteiger partial charge in [0.25, 0.3) is 5.56 Å². The number of nitriles is 1. The van der Waals surface area contributed by atoms with Crippen molar-refractivity contribution < 1.29 is 22.3 Å². The highest BCUT2D eigenvalue weighted by molar-refractivity contribution is 5.36. The van der Waals surface area contributed by atoms with Crippen LogP contribution in [0.1, 0.15) is 11.3 Å². The van der Waals surface area contributed by atoms with Crippen molar-refractivity contribution in [3.05, 3.63) is 27.7 Å². The topological polar surface area (TPSA) is 65.9 Å². The minimum absolute atomic E-state index is 0.221. The van der Waals surface area contributed by atoms with E-state index in [0.717, 1.165) is 0 Å². The molecule has 92 valence electrons. The van der Waals surface area contributed by atoms with E-state index in [9.17, 15) is 22.4 Å². The van der Waals surface area contributed by atoms with Crippen LogP contribution in [0.15, 0.2) is 10.9 Å². The molecule has 0 atom stereocenters. The molecule has 4 nitrogen and oxygen atoms in total. The number of ether oxygens (including phenoxy) is 1. The van der Waals surface area contributed by atoms with Crippen LogP contribution >= 0.6 is 0 Å². The van der Waals surface area contributed by atoms with Crippen molar-refractivity contribution in [2.24, 2.45) is 0 Å². The Hall–Kier alpha value is -2.04. The van der Waals surface area contributed by atoms with Crippen molar-refractivity contribution in [3.63, 3.8) is 0 Å². The highest BCUT2D eigenvalue weighted by atomic mass is 19.4. The van der Waals surface area contributed by atoms with E-state index in [-0.39, 0.29) is 5.69 Å². The van der Waals surface area contributed by atoms with Crippen LogP contribution in [0, 0.1) is 11.3 Å². The summed E-state index contributed by atoms with van der Waals surface area (Å²) in [5.41, 5.74) is -1.60. The Bertz CT molecular complexity index is 501. The molecule has 1 rings (SSSR count). The van der Waals surface area contributed by atoms with Crippen molar-refractivity contribution in [3.8, 4) is 11.8 Å². The highest BCUT2D eigenvalue weighted by Gasteiger charge is 2.32. The lowest BCUT2D eigenvalue weighted by Gasteiger charge is -2.13. The summed E-state index contributed by atoms with van der Waals surface area (Å²) in [7, 11) is 0. The minimum atomic E-state index is -5.03. The molecule has 0 saturated heterocycles. The number of nitrogens with zero attached hydrogens (tertiary/aromatic N) is 1. The van der Waals surface area contributed by atoms with Crippen molar-refractivity contribution in [1.82, 2.24) is 4.98 Å². The molecule has 1 aromatic rings. The number of pyridine rings is 1. The number of aromatic nitrogens is 1. The Morgan fingerprint density at radius 1 is 1.47 bits per heavy atom. The molecule has 0 aliphatic carbocycles. The van der Waals surface area contributed by atoms with Gasteiger partial charge in [-0.1, -0.05) is 0 Å². The van der Waals surface area contributed by atoms with Gasteiger partial charge >= 0.3 is 6.36 Å². The summed E-state index contributed by atoms with van der Waals surface area (Å²) in [6.07, 6.45) is -5.44. The Balaban J connectivity index is 3.29. The van der Waals surface area contributed by atoms with Gasteiger partial charge in [0.05, 0.1) is 12.5 Å². The number of hydrogen-bond acceptors (Lipinski definition) is 3. The number of alkyl halides is 4. The summed E-state index contributed by atoms with van der Waals surface area (Å²) >= 11 is 0. The second-order valence-electron chi connectivity index (χ2n) is 2.97. The van der Waals surface area contributed by atoms with E-state index in [1.165, 1.54) is 0 Å². The second-order valence-corrected chi connectivity index (χ2v) is 2.97. The van der Waals surface area contributed by atoms with Gasteiger partial charge in [-0.05, 0) is 0 Å². The molecule has 0 unspecified atom stereocenters. The lowest BCUT2D eigenvalue weighted by Crippen LogP contribution is -2.21. The van der Waals surface area contributed by atoms with Gasteiger partial charge in [0.2, 0.25) is 0 Å². The average molecular weight is 250 g/mol. The third kappa shape index (κ3) is 3.48. The van der Waals surface area contributed by atoms with Crippen molar-refractivity contribution in [2.45, 2.75) is 19.5 Å². The molecule has 0 spiro atoms. The quantitative estimate of drug-likeness (QED) is 0.832. The molecule has 8 heteroatoms. The van der Waals surface area contributed by atoms with Crippen LogP contribution in [0.25, 0.3) is 0 Å². The maximum Gasteiger partial charge on any atom is 0.573 e. The Labute approximate surface area is 92.4 Å². The van der Waals surface area contributed by atoms with Crippen LogP contribution in [0.3, 0.4) is 0 Å². The summed E-state index contributed by atoms with van der Waals surface area (Å²) in [6.45, 7) is -1.28. The number of H-pyrrole nitrogens is 1. The third-order valence-corrected chi connectivity index (χ3v) is 1.81. The van der Waals surface area contributed by atoms with E-state index in [4.69, 9.17) is 5.26 Å². The standard InChI is InChI=1S/C9H6F4N2O2/c10-4-5-6(1-2-14)15-8(16)3-7(5)17-9(11,12)13/h3H,1,4H2,(H,15,16). The number of aromatic amines is 1. The molecule has 0 aliphatic heterocycles. The lowest BCUT2D eigenvalue weighted by molar-refractivity contribution is -0.275.